The number of benzene rings is 1. The maximum atomic E-state index is 12.3. The summed E-state index contributed by atoms with van der Waals surface area (Å²) in [5.74, 6) is -0.790. The van der Waals surface area contributed by atoms with E-state index in [2.05, 4.69) is 17.2 Å². The van der Waals surface area contributed by atoms with Crippen LogP contribution in [-0.4, -0.2) is 56.0 Å². The van der Waals surface area contributed by atoms with Crippen LogP contribution in [0.2, 0.25) is 0 Å². The van der Waals surface area contributed by atoms with Gasteiger partial charge in [0.25, 0.3) is 11.8 Å². The van der Waals surface area contributed by atoms with Gasteiger partial charge in [0, 0.05) is 33.3 Å². The van der Waals surface area contributed by atoms with Crippen LogP contribution in [-0.2, 0) is 16.1 Å². The molecule has 2 N–H and O–H groups in total. The number of ether oxygens (including phenoxy) is 1. The topological polar surface area (TPSA) is 87.7 Å². The predicted molar refractivity (Wildman–Crippen MR) is 88.6 cm³/mol. The van der Waals surface area contributed by atoms with Crippen LogP contribution in [0.15, 0.2) is 30.9 Å². The number of hydrogen-bond donors (Lipinski definition) is 2. The molecule has 7 nitrogen and oxygen atoms in total. The van der Waals surface area contributed by atoms with Gasteiger partial charge in [0.15, 0.2) is 0 Å². The Balaban J connectivity index is 1.96. The number of hydrogen-bond acceptors (Lipinski definition) is 4. The first-order valence-corrected chi connectivity index (χ1v) is 7.67. The molecule has 0 saturated heterocycles. The molecular formula is C17H21N3O4. The van der Waals surface area contributed by atoms with Crippen LogP contribution >= 0.6 is 0 Å². The number of nitrogens with zero attached hydrogens (tertiary/aromatic N) is 1. The Kier molecular flexibility index (Phi) is 6.08. The van der Waals surface area contributed by atoms with E-state index in [-0.39, 0.29) is 24.3 Å². The average Bonchev–Trinajstić information content (AvgIpc) is 2.98. The van der Waals surface area contributed by atoms with Crippen LogP contribution < -0.4 is 10.6 Å². The minimum Gasteiger partial charge on any atom is -0.383 e. The summed E-state index contributed by atoms with van der Waals surface area (Å²) in [6.07, 6.45) is 1.23. The number of rotatable bonds is 8. The fourth-order valence-corrected chi connectivity index (χ4v) is 2.53. The molecule has 0 aromatic heterocycles. The standard InChI is InChI=1S/C17H21N3O4/c1-3-14(21)20(9-10-24-2)8-7-18-16(22)13-6-4-5-12-11-19-17(23)15(12)13/h3-6H,1,7-11H2,2H3,(H,18,22)(H,19,23). The van der Waals surface area contributed by atoms with Gasteiger partial charge in [-0.2, -0.15) is 0 Å². The third-order valence-corrected chi connectivity index (χ3v) is 3.78. The normalized spacial score (nSPS) is 12.3. The fourth-order valence-electron chi connectivity index (χ4n) is 2.53. The summed E-state index contributed by atoms with van der Waals surface area (Å²) in [7, 11) is 1.55. The first-order valence-electron chi connectivity index (χ1n) is 7.67. The van der Waals surface area contributed by atoms with Crippen molar-refractivity contribution in [2.75, 3.05) is 33.4 Å². The van der Waals surface area contributed by atoms with Gasteiger partial charge in [0.1, 0.15) is 0 Å². The van der Waals surface area contributed by atoms with Crippen LogP contribution in [0.1, 0.15) is 26.3 Å². The summed E-state index contributed by atoms with van der Waals surface area (Å²) in [5.41, 5.74) is 1.59. The molecular weight excluding hydrogens is 310 g/mol. The SMILES string of the molecule is C=CC(=O)N(CCNC(=O)c1cccc2c1C(=O)NC2)CCOC. The molecule has 0 bridgehead atoms. The van der Waals surface area contributed by atoms with Crippen molar-refractivity contribution in [3.05, 3.63) is 47.5 Å². The monoisotopic (exact) mass is 331 g/mol. The Bertz CT molecular complexity index is 657. The van der Waals surface area contributed by atoms with E-state index in [1.165, 1.54) is 6.08 Å². The van der Waals surface area contributed by atoms with E-state index in [9.17, 15) is 14.4 Å². The highest BCUT2D eigenvalue weighted by Gasteiger charge is 2.25. The molecule has 2 rings (SSSR count). The Morgan fingerprint density at radius 2 is 2.21 bits per heavy atom. The number of carbonyl (C=O) groups is 3. The molecule has 1 aliphatic heterocycles. The molecule has 3 amide bonds. The van der Waals surface area contributed by atoms with Crippen molar-refractivity contribution >= 4 is 17.7 Å². The van der Waals surface area contributed by atoms with E-state index >= 15 is 0 Å². The Hall–Kier alpha value is -2.67. The zero-order chi connectivity index (χ0) is 17.5. The second-order valence-electron chi connectivity index (χ2n) is 5.30. The van der Waals surface area contributed by atoms with Crippen LogP contribution in [0.4, 0.5) is 0 Å². The van der Waals surface area contributed by atoms with E-state index in [4.69, 9.17) is 4.74 Å². The molecule has 24 heavy (non-hydrogen) atoms. The van der Waals surface area contributed by atoms with E-state index in [1.807, 2.05) is 6.07 Å². The summed E-state index contributed by atoms with van der Waals surface area (Å²) in [4.78, 5) is 37.5. The molecule has 1 aromatic carbocycles. The van der Waals surface area contributed by atoms with E-state index in [0.717, 1.165) is 5.56 Å². The quantitative estimate of drug-likeness (QED) is 0.672. The van der Waals surface area contributed by atoms with Gasteiger partial charge in [-0.3, -0.25) is 14.4 Å². The molecule has 0 atom stereocenters. The first kappa shape index (κ1) is 17.7. The van der Waals surface area contributed by atoms with Gasteiger partial charge in [-0.15, -0.1) is 0 Å². The third kappa shape index (κ3) is 3.99. The van der Waals surface area contributed by atoms with Crippen molar-refractivity contribution in [3.63, 3.8) is 0 Å². The van der Waals surface area contributed by atoms with Gasteiger partial charge in [-0.05, 0) is 17.7 Å². The first-order chi connectivity index (χ1) is 11.6. The van der Waals surface area contributed by atoms with Crippen molar-refractivity contribution in [1.29, 1.82) is 0 Å². The summed E-state index contributed by atoms with van der Waals surface area (Å²) in [6, 6.07) is 5.19. The highest BCUT2D eigenvalue weighted by molar-refractivity contribution is 6.09. The van der Waals surface area contributed by atoms with Gasteiger partial charge in [-0.25, -0.2) is 0 Å². The summed E-state index contributed by atoms with van der Waals surface area (Å²) in [5, 5.41) is 5.45. The van der Waals surface area contributed by atoms with E-state index in [0.29, 0.717) is 37.4 Å². The summed E-state index contributed by atoms with van der Waals surface area (Å²) >= 11 is 0. The number of fused-ring (bicyclic) bond motifs is 1. The number of nitrogens with one attached hydrogen (secondary N) is 2. The molecule has 1 aromatic rings. The van der Waals surface area contributed by atoms with Gasteiger partial charge < -0.3 is 20.3 Å². The third-order valence-electron chi connectivity index (χ3n) is 3.78. The molecule has 0 fully saturated rings. The van der Waals surface area contributed by atoms with Gasteiger partial charge in [0.2, 0.25) is 5.91 Å². The smallest absolute Gasteiger partial charge is 0.252 e. The number of carbonyl (C=O) groups excluding carboxylic acids is 3. The Labute approximate surface area is 140 Å². The molecule has 0 spiro atoms. The number of amides is 3. The molecule has 0 unspecified atom stereocenters. The van der Waals surface area contributed by atoms with Crippen molar-refractivity contribution in [2.45, 2.75) is 6.54 Å². The lowest BCUT2D eigenvalue weighted by Crippen LogP contribution is -2.39. The Morgan fingerprint density at radius 3 is 2.92 bits per heavy atom. The molecule has 7 heteroatoms. The number of methoxy groups -OCH3 is 1. The highest BCUT2D eigenvalue weighted by atomic mass is 16.5. The minimum absolute atomic E-state index is 0.221. The van der Waals surface area contributed by atoms with Gasteiger partial charge >= 0.3 is 0 Å². The second kappa shape index (κ2) is 8.26. The zero-order valence-corrected chi connectivity index (χ0v) is 13.6. The lowest BCUT2D eigenvalue weighted by atomic mass is 10.0. The van der Waals surface area contributed by atoms with Crippen LogP contribution in [0.5, 0.6) is 0 Å². The predicted octanol–water partition coefficient (Wildman–Crippen LogP) is 0.321. The highest BCUT2D eigenvalue weighted by Crippen LogP contribution is 2.19. The van der Waals surface area contributed by atoms with Crippen molar-refractivity contribution in [1.82, 2.24) is 15.5 Å². The van der Waals surface area contributed by atoms with E-state index < -0.39 is 0 Å². The molecule has 0 saturated carbocycles. The van der Waals surface area contributed by atoms with Crippen molar-refractivity contribution in [3.8, 4) is 0 Å². The zero-order valence-electron chi connectivity index (χ0n) is 13.6. The van der Waals surface area contributed by atoms with Gasteiger partial charge in [0.05, 0.1) is 17.7 Å². The average molecular weight is 331 g/mol. The summed E-state index contributed by atoms with van der Waals surface area (Å²) < 4.78 is 4.97. The summed E-state index contributed by atoms with van der Waals surface area (Å²) in [6.45, 7) is 5.33. The Morgan fingerprint density at radius 1 is 1.42 bits per heavy atom. The molecule has 0 radical (unpaired) electrons. The van der Waals surface area contributed by atoms with E-state index in [1.54, 1.807) is 24.1 Å². The lowest BCUT2D eigenvalue weighted by molar-refractivity contribution is -0.126. The molecule has 1 aliphatic rings. The van der Waals surface area contributed by atoms with Gasteiger partial charge in [-0.1, -0.05) is 18.7 Å². The second-order valence-corrected chi connectivity index (χ2v) is 5.30. The van der Waals surface area contributed by atoms with Crippen LogP contribution in [0.3, 0.4) is 0 Å². The molecule has 1 heterocycles. The largest absolute Gasteiger partial charge is 0.383 e. The van der Waals surface area contributed by atoms with Crippen molar-refractivity contribution < 1.29 is 19.1 Å². The lowest BCUT2D eigenvalue weighted by Gasteiger charge is -2.21. The maximum absolute atomic E-state index is 12.3. The molecule has 0 aliphatic carbocycles. The minimum atomic E-state index is -0.332. The van der Waals surface area contributed by atoms with Crippen LogP contribution in [0.25, 0.3) is 0 Å². The fraction of sp³-hybridized carbons (Fsp3) is 0.353. The van der Waals surface area contributed by atoms with Crippen LogP contribution in [0, 0.1) is 0 Å². The van der Waals surface area contributed by atoms with Crippen molar-refractivity contribution in [2.24, 2.45) is 0 Å². The maximum Gasteiger partial charge on any atom is 0.252 e. The molecule has 128 valence electrons.